The molecule has 2 heterocycles. The molecule has 2 aromatic carbocycles. The van der Waals surface area contributed by atoms with E-state index in [1.807, 2.05) is 60.8 Å². The summed E-state index contributed by atoms with van der Waals surface area (Å²) in [7, 11) is 0. The summed E-state index contributed by atoms with van der Waals surface area (Å²) in [5, 5.41) is 10.2. The van der Waals surface area contributed by atoms with Crippen LogP contribution in [0.5, 0.6) is 0 Å². The van der Waals surface area contributed by atoms with Crippen molar-refractivity contribution in [2.45, 2.75) is 26.0 Å². The molecule has 0 saturated carbocycles. The topological polar surface area (TPSA) is 85.2 Å². The summed E-state index contributed by atoms with van der Waals surface area (Å²) in [6, 6.07) is 17.3. The smallest absolute Gasteiger partial charge is 0.226 e. The lowest BCUT2D eigenvalue weighted by molar-refractivity contribution is -0.127. The van der Waals surface area contributed by atoms with Crippen molar-refractivity contribution in [2.75, 3.05) is 11.9 Å². The molecule has 30 heavy (non-hydrogen) atoms. The Bertz CT molecular complexity index is 1010. The van der Waals surface area contributed by atoms with Gasteiger partial charge in [0, 0.05) is 37.5 Å². The predicted octanol–water partition coefficient (Wildman–Crippen LogP) is 3.22. The van der Waals surface area contributed by atoms with Gasteiger partial charge >= 0.3 is 0 Å². The minimum absolute atomic E-state index is 0.0316. The third kappa shape index (κ3) is 4.58. The van der Waals surface area contributed by atoms with Crippen LogP contribution in [-0.2, 0) is 20.9 Å². The van der Waals surface area contributed by atoms with Gasteiger partial charge in [0.1, 0.15) is 0 Å². The number of anilines is 1. The average molecular weight is 404 g/mol. The molecule has 7 heteroatoms. The highest BCUT2D eigenvalue weighted by molar-refractivity contribution is 5.88. The monoisotopic (exact) mass is 404 g/mol. The van der Waals surface area contributed by atoms with Crippen LogP contribution in [0.3, 0.4) is 0 Å². The third-order valence-electron chi connectivity index (χ3n) is 5.12. The van der Waals surface area contributed by atoms with E-state index in [0.29, 0.717) is 19.6 Å². The molecule has 2 amide bonds. The number of nitrogens with zero attached hydrogens (tertiary/aromatic N) is 2. The van der Waals surface area contributed by atoms with E-state index in [1.54, 1.807) is 10.9 Å². The van der Waals surface area contributed by atoms with Gasteiger partial charge in [-0.25, -0.2) is 4.68 Å². The van der Waals surface area contributed by atoms with Crippen LogP contribution in [0.2, 0.25) is 0 Å². The Morgan fingerprint density at radius 1 is 1.13 bits per heavy atom. The molecule has 0 unspecified atom stereocenters. The van der Waals surface area contributed by atoms with Crippen molar-refractivity contribution in [1.29, 1.82) is 0 Å². The first-order chi connectivity index (χ1) is 14.6. The lowest BCUT2D eigenvalue weighted by Gasteiger charge is -2.17. The Morgan fingerprint density at radius 3 is 2.63 bits per heavy atom. The van der Waals surface area contributed by atoms with Gasteiger partial charge < -0.3 is 15.4 Å². The van der Waals surface area contributed by atoms with Gasteiger partial charge in [-0.3, -0.25) is 9.59 Å². The molecule has 0 bridgehead atoms. The van der Waals surface area contributed by atoms with Gasteiger partial charge in [0.2, 0.25) is 11.8 Å². The van der Waals surface area contributed by atoms with Crippen LogP contribution in [-0.4, -0.2) is 28.2 Å². The van der Waals surface area contributed by atoms with Crippen molar-refractivity contribution in [3.05, 3.63) is 78.1 Å². The zero-order valence-electron chi connectivity index (χ0n) is 16.7. The first kappa shape index (κ1) is 19.8. The average Bonchev–Trinajstić information content (AvgIpc) is 3.43. The highest BCUT2D eigenvalue weighted by Gasteiger charge is 2.35. The van der Waals surface area contributed by atoms with Gasteiger partial charge in [-0.15, -0.1) is 0 Å². The van der Waals surface area contributed by atoms with E-state index < -0.39 is 0 Å². The zero-order chi connectivity index (χ0) is 20.9. The minimum atomic E-state index is -0.301. The standard InChI is InChI=1S/C23H24N4O3/c1-16(28)26-19-9-7-17(8-10-19)13-24-23(29)21-11-12-30-22(21)18-14-25-27(15-18)20-5-3-2-4-6-20/h2-10,14-15,21-22H,11-13H2,1H3,(H,24,29)(H,26,28)/t21-,22+/m0/s1. The Kier molecular flexibility index (Phi) is 5.90. The highest BCUT2D eigenvalue weighted by Crippen LogP contribution is 2.34. The molecule has 1 aliphatic heterocycles. The Morgan fingerprint density at radius 2 is 1.90 bits per heavy atom. The Hall–Kier alpha value is -3.45. The predicted molar refractivity (Wildman–Crippen MR) is 113 cm³/mol. The molecule has 2 atom stereocenters. The maximum atomic E-state index is 12.8. The number of aromatic nitrogens is 2. The van der Waals surface area contributed by atoms with Gasteiger partial charge in [-0.05, 0) is 36.2 Å². The first-order valence-electron chi connectivity index (χ1n) is 9.96. The van der Waals surface area contributed by atoms with Gasteiger partial charge in [0.05, 0.1) is 23.9 Å². The summed E-state index contributed by atoms with van der Waals surface area (Å²) in [5.74, 6) is -0.396. The van der Waals surface area contributed by atoms with E-state index in [0.717, 1.165) is 22.5 Å². The molecule has 0 spiro atoms. The Labute approximate surface area is 175 Å². The van der Waals surface area contributed by atoms with E-state index in [-0.39, 0.29) is 23.8 Å². The van der Waals surface area contributed by atoms with E-state index in [4.69, 9.17) is 4.74 Å². The number of para-hydroxylation sites is 1. The number of ether oxygens (including phenoxy) is 1. The van der Waals surface area contributed by atoms with Crippen LogP contribution in [0.25, 0.3) is 5.69 Å². The van der Waals surface area contributed by atoms with Crippen molar-refractivity contribution < 1.29 is 14.3 Å². The van der Waals surface area contributed by atoms with E-state index in [1.165, 1.54) is 6.92 Å². The molecule has 0 aliphatic carbocycles. The fraction of sp³-hybridized carbons (Fsp3) is 0.261. The van der Waals surface area contributed by atoms with Crippen molar-refractivity contribution in [2.24, 2.45) is 5.92 Å². The number of amides is 2. The summed E-state index contributed by atoms with van der Waals surface area (Å²) in [6.07, 6.45) is 4.06. The minimum Gasteiger partial charge on any atom is -0.373 e. The van der Waals surface area contributed by atoms with Crippen LogP contribution in [0.4, 0.5) is 5.69 Å². The molecule has 4 rings (SSSR count). The van der Waals surface area contributed by atoms with E-state index in [2.05, 4.69) is 15.7 Å². The number of hydrogen-bond acceptors (Lipinski definition) is 4. The highest BCUT2D eigenvalue weighted by atomic mass is 16.5. The lowest BCUT2D eigenvalue weighted by Crippen LogP contribution is -2.31. The largest absolute Gasteiger partial charge is 0.373 e. The molecule has 1 saturated heterocycles. The number of carbonyl (C=O) groups is 2. The molecule has 1 aromatic heterocycles. The number of nitrogens with one attached hydrogen (secondary N) is 2. The van der Waals surface area contributed by atoms with Crippen molar-refractivity contribution >= 4 is 17.5 Å². The van der Waals surface area contributed by atoms with Gasteiger partial charge in [-0.2, -0.15) is 5.10 Å². The van der Waals surface area contributed by atoms with Crippen LogP contribution >= 0.6 is 0 Å². The molecule has 7 nitrogen and oxygen atoms in total. The number of carbonyl (C=O) groups excluding carboxylic acids is 2. The summed E-state index contributed by atoms with van der Waals surface area (Å²) in [6.45, 7) is 2.44. The number of benzene rings is 2. The summed E-state index contributed by atoms with van der Waals surface area (Å²) >= 11 is 0. The van der Waals surface area contributed by atoms with Crippen LogP contribution in [0.1, 0.15) is 30.6 Å². The van der Waals surface area contributed by atoms with Crippen molar-refractivity contribution in [1.82, 2.24) is 15.1 Å². The van der Waals surface area contributed by atoms with Gasteiger partial charge in [0.25, 0.3) is 0 Å². The maximum absolute atomic E-state index is 12.8. The second-order valence-corrected chi connectivity index (χ2v) is 7.34. The molecular formula is C23H24N4O3. The van der Waals surface area contributed by atoms with Gasteiger partial charge in [0.15, 0.2) is 0 Å². The maximum Gasteiger partial charge on any atom is 0.226 e. The fourth-order valence-electron chi connectivity index (χ4n) is 3.62. The summed E-state index contributed by atoms with van der Waals surface area (Å²) in [4.78, 5) is 23.9. The summed E-state index contributed by atoms with van der Waals surface area (Å²) < 4.78 is 7.67. The van der Waals surface area contributed by atoms with Gasteiger partial charge in [-0.1, -0.05) is 30.3 Å². The van der Waals surface area contributed by atoms with Crippen LogP contribution in [0.15, 0.2) is 67.0 Å². The lowest BCUT2D eigenvalue weighted by atomic mass is 9.96. The number of hydrogen-bond donors (Lipinski definition) is 2. The van der Waals surface area contributed by atoms with E-state index >= 15 is 0 Å². The molecule has 1 fully saturated rings. The van der Waals surface area contributed by atoms with Crippen molar-refractivity contribution in [3.63, 3.8) is 0 Å². The number of rotatable bonds is 6. The zero-order valence-corrected chi connectivity index (χ0v) is 16.7. The first-order valence-corrected chi connectivity index (χ1v) is 9.96. The van der Waals surface area contributed by atoms with Crippen LogP contribution in [0, 0.1) is 5.92 Å². The molecule has 2 N–H and O–H groups in total. The molecule has 0 radical (unpaired) electrons. The second-order valence-electron chi connectivity index (χ2n) is 7.34. The molecule has 3 aromatic rings. The third-order valence-corrected chi connectivity index (χ3v) is 5.12. The quantitative estimate of drug-likeness (QED) is 0.661. The fourth-order valence-corrected chi connectivity index (χ4v) is 3.62. The van der Waals surface area contributed by atoms with E-state index in [9.17, 15) is 9.59 Å². The summed E-state index contributed by atoms with van der Waals surface area (Å²) in [5.41, 5.74) is 3.56. The molecule has 154 valence electrons. The molecular weight excluding hydrogens is 380 g/mol. The normalized spacial score (nSPS) is 18.2. The molecule has 1 aliphatic rings. The SMILES string of the molecule is CC(=O)Nc1ccc(CNC(=O)[C@H]2CCO[C@@H]2c2cnn(-c3ccccc3)c2)cc1. The van der Waals surface area contributed by atoms with Crippen LogP contribution < -0.4 is 10.6 Å². The Balaban J connectivity index is 1.38. The van der Waals surface area contributed by atoms with Crippen molar-refractivity contribution in [3.8, 4) is 5.69 Å². The second kappa shape index (κ2) is 8.92.